The molecule has 4 rings (SSSR count). The van der Waals surface area contributed by atoms with Crippen LogP contribution in [0.2, 0.25) is 0 Å². The lowest BCUT2D eigenvalue weighted by Gasteiger charge is -2.21. The summed E-state index contributed by atoms with van der Waals surface area (Å²) < 4.78 is 51.3. The number of ether oxygens (including phenoxy) is 2. The van der Waals surface area contributed by atoms with Gasteiger partial charge in [-0.2, -0.15) is 13.2 Å². The molecule has 3 heterocycles. The average molecular weight is 549 g/mol. The summed E-state index contributed by atoms with van der Waals surface area (Å²) in [6, 6.07) is 4.87. The molecule has 2 aromatic heterocycles. The Bertz CT molecular complexity index is 1310. The van der Waals surface area contributed by atoms with Gasteiger partial charge in [-0.3, -0.25) is 4.79 Å². The van der Waals surface area contributed by atoms with Gasteiger partial charge in [-0.1, -0.05) is 6.08 Å². The molecule has 1 saturated heterocycles. The van der Waals surface area contributed by atoms with Crippen LogP contribution in [0.5, 0.6) is 11.5 Å². The molecule has 11 heteroatoms. The molecule has 0 aliphatic carbocycles. The van der Waals surface area contributed by atoms with Gasteiger partial charge in [0.25, 0.3) is 0 Å². The first-order valence-electron chi connectivity index (χ1n) is 12.4. The van der Waals surface area contributed by atoms with Crippen molar-refractivity contribution in [2.75, 3.05) is 27.2 Å². The fourth-order valence-electron chi connectivity index (χ4n) is 4.50. The number of aromatic nitrogens is 2. The van der Waals surface area contributed by atoms with Crippen molar-refractivity contribution in [3.05, 3.63) is 47.5 Å². The first kappa shape index (κ1) is 27.8. The van der Waals surface area contributed by atoms with Gasteiger partial charge in [0, 0.05) is 49.0 Å². The van der Waals surface area contributed by atoms with Crippen molar-refractivity contribution in [2.45, 2.75) is 50.9 Å². The van der Waals surface area contributed by atoms with Gasteiger partial charge in [-0.25, -0.2) is 9.97 Å². The summed E-state index contributed by atoms with van der Waals surface area (Å²) >= 11 is 0.874. The number of rotatable bonds is 10. The fourth-order valence-corrected chi connectivity index (χ4v) is 5.29. The Morgan fingerprint density at radius 1 is 1.29 bits per heavy atom. The van der Waals surface area contributed by atoms with Crippen molar-refractivity contribution >= 4 is 28.1 Å². The summed E-state index contributed by atoms with van der Waals surface area (Å²) in [6.45, 7) is 6.69. The van der Waals surface area contributed by atoms with E-state index >= 15 is 0 Å². The van der Waals surface area contributed by atoms with E-state index in [1.807, 2.05) is 19.1 Å². The summed E-state index contributed by atoms with van der Waals surface area (Å²) in [6.07, 6.45) is 0.308. The van der Waals surface area contributed by atoms with Gasteiger partial charge in [-0.05, 0) is 38.3 Å². The lowest BCUT2D eigenvalue weighted by Crippen LogP contribution is -2.41. The molecule has 3 aromatic rings. The smallest absolute Gasteiger partial charge is 0.434 e. The molecule has 1 fully saturated rings. The van der Waals surface area contributed by atoms with Gasteiger partial charge in [0.15, 0.2) is 5.69 Å². The second kappa shape index (κ2) is 11.7. The first-order chi connectivity index (χ1) is 18.1. The third kappa shape index (κ3) is 6.10. The zero-order chi connectivity index (χ0) is 27.4. The summed E-state index contributed by atoms with van der Waals surface area (Å²) in [7, 11) is 3.35. The molecule has 0 bridgehead atoms. The van der Waals surface area contributed by atoms with E-state index in [4.69, 9.17) is 9.47 Å². The molecular formula is C27H31F3N4O3S. The molecule has 0 spiro atoms. The molecule has 1 N–H and O–H groups in total. The number of nitrogens with zero attached hydrogens (tertiary/aromatic N) is 3. The maximum absolute atomic E-state index is 13.2. The molecule has 7 nitrogen and oxygen atoms in total. The van der Waals surface area contributed by atoms with Crippen LogP contribution in [0.1, 0.15) is 36.9 Å². The predicted molar refractivity (Wildman–Crippen MR) is 142 cm³/mol. The fraction of sp³-hybridized carbons (Fsp3) is 0.444. The van der Waals surface area contributed by atoms with Crippen LogP contribution in [-0.2, 0) is 11.0 Å². The molecule has 1 amide bonds. The van der Waals surface area contributed by atoms with Crippen molar-refractivity contribution in [3.63, 3.8) is 0 Å². The maximum atomic E-state index is 13.2. The number of nitrogens with one attached hydrogen (secondary N) is 1. The number of methoxy groups -OCH3 is 1. The highest BCUT2D eigenvalue weighted by molar-refractivity contribution is 7.13. The van der Waals surface area contributed by atoms with Crippen molar-refractivity contribution in [1.29, 1.82) is 0 Å². The lowest BCUT2D eigenvalue weighted by atomic mass is 10.1. The highest BCUT2D eigenvalue weighted by atomic mass is 32.1. The molecule has 0 radical (unpaired) electrons. The van der Waals surface area contributed by atoms with E-state index in [0.29, 0.717) is 41.9 Å². The molecule has 2 atom stereocenters. The zero-order valence-corrected chi connectivity index (χ0v) is 22.4. The standard InChI is InChI=1S/C27H31F3N4O3S/c1-5-6-7-8-11-34(3)26(35)20-12-17(14-31-20)37-22-13-19(25-33-23(15-38-25)27(28,29)30)32-24-16(2)21(36-4)10-9-18(22)24/h5,9-10,13,15,17,20,31H,1,6-8,11-12,14H2,2-4H3. The largest absolute Gasteiger partial charge is 0.496 e. The Morgan fingerprint density at radius 2 is 2.08 bits per heavy atom. The Morgan fingerprint density at radius 3 is 2.76 bits per heavy atom. The van der Waals surface area contributed by atoms with E-state index in [-0.39, 0.29) is 28.8 Å². The van der Waals surface area contributed by atoms with Gasteiger partial charge < -0.3 is 19.7 Å². The van der Waals surface area contributed by atoms with E-state index in [0.717, 1.165) is 41.5 Å². The molecule has 1 aliphatic rings. The van der Waals surface area contributed by atoms with Crippen molar-refractivity contribution < 1.29 is 27.4 Å². The van der Waals surface area contributed by atoms with E-state index in [1.54, 1.807) is 31.2 Å². The minimum absolute atomic E-state index is 0.0121. The Balaban J connectivity index is 1.58. The molecular weight excluding hydrogens is 517 g/mol. The molecule has 1 aliphatic heterocycles. The third-order valence-electron chi connectivity index (χ3n) is 6.59. The number of likely N-dealkylation sites (N-methyl/N-ethyl adjacent to an activating group) is 1. The topological polar surface area (TPSA) is 76.6 Å². The van der Waals surface area contributed by atoms with Crippen LogP contribution in [0.4, 0.5) is 13.2 Å². The van der Waals surface area contributed by atoms with Crippen LogP contribution in [0.3, 0.4) is 0 Å². The number of thiazole rings is 1. The second-order valence-electron chi connectivity index (χ2n) is 9.31. The van der Waals surface area contributed by atoms with Gasteiger partial charge in [0.1, 0.15) is 28.3 Å². The van der Waals surface area contributed by atoms with Gasteiger partial charge in [-0.15, -0.1) is 17.9 Å². The normalized spacial score (nSPS) is 17.5. The number of carbonyl (C=O) groups is 1. The van der Waals surface area contributed by atoms with E-state index in [9.17, 15) is 18.0 Å². The first-order valence-corrected chi connectivity index (χ1v) is 13.3. The van der Waals surface area contributed by atoms with Crippen molar-refractivity contribution in [2.24, 2.45) is 0 Å². The molecule has 0 saturated carbocycles. The number of halogens is 3. The number of fused-ring (bicyclic) bond motifs is 1. The van der Waals surface area contributed by atoms with Crippen LogP contribution < -0.4 is 14.8 Å². The van der Waals surface area contributed by atoms with E-state index in [2.05, 4.69) is 21.9 Å². The number of alkyl halides is 3. The van der Waals surface area contributed by atoms with Crippen LogP contribution >= 0.6 is 11.3 Å². The van der Waals surface area contributed by atoms with Gasteiger partial charge in [0.2, 0.25) is 5.91 Å². The van der Waals surface area contributed by atoms with Crippen molar-refractivity contribution in [1.82, 2.24) is 20.2 Å². The minimum atomic E-state index is -4.54. The number of unbranched alkanes of at least 4 members (excludes halogenated alkanes) is 2. The maximum Gasteiger partial charge on any atom is 0.434 e. The number of pyridine rings is 1. The SMILES string of the molecule is C=CCCCCN(C)C(=O)C1CC(Oc2cc(-c3nc(C(F)(F)F)cs3)nc3c(C)c(OC)ccc23)CN1. The van der Waals surface area contributed by atoms with Gasteiger partial charge in [0.05, 0.1) is 18.7 Å². The van der Waals surface area contributed by atoms with Crippen LogP contribution in [0.25, 0.3) is 21.6 Å². The molecule has 204 valence electrons. The number of allylic oxidation sites excluding steroid dienone is 1. The molecule has 1 aromatic carbocycles. The number of amides is 1. The van der Waals surface area contributed by atoms with E-state index in [1.165, 1.54) is 0 Å². The van der Waals surface area contributed by atoms with Crippen LogP contribution in [0.15, 0.2) is 36.2 Å². The molecule has 38 heavy (non-hydrogen) atoms. The predicted octanol–water partition coefficient (Wildman–Crippen LogP) is 5.62. The van der Waals surface area contributed by atoms with Crippen LogP contribution in [0, 0.1) is 6.92 Å². The summed E-state index contributed by atoms with van der Waals surface area (Å²) in [5, 5.41) is 5.07. The quantitative estimate of drug-likeness (QED) is 0.262. The third-order valence-corrected chi connectivity index (χ3v) is 7.46. The summed E-state index contributed by atoms with van der Waals surface area (Å²) in [4.78, 5) is 23.1. The highest BCUT2D eigenvalue weighted by Gasteiger charge is 2.35. The van der Waals surface area contributed by atoms with Crippen LogP contribution in [-0.4, -0.2) is 60.2 Å². The Labute approximate surface area is 223 Å². The number of carbonyl (C=O) groups excluding carboxylic acids is 1. The van der Waals surface area contributed by atoms with Crippen molar-refractivity contribution in [3.8, 4) is 22.2 Å². The Hall–Kier alpha value is -3.18. The second-order valence-corrected chi connectivity index (χ2v) is 10.2. The average Bonchev–Trinajstić information content (AvgIpc) is 3.57. The summed E-state index contributed by atoms with van der Waals surface area (Å²) in [5.74, 6) is 1.09. The summed E-state index contributed by atoms with van der Waals surface area (Å²) in [5.41, 5.74) is 0.611. The van der Waals surface area contributed by atoms with Gasteiger partial charge >= 0.3 is 6.18 Å². The molecule has 2 unspecified atom stereocenters. The monoisotopic (exact) mass is 548 g/mol. The highest BCUT2D eigenvalue weighted by Crippen LogP contribution is 2.38. The number of aryl methyl sites for hydroxylation is 1. The van der Waals surface area contributed by atoms with E-state index < -0.39 is 11.9 Å². The minimum Gasteiger partial charge on any atom is -0.496 e. The lowest BCUT2D eigenvalue weighted by molar-refractivity contribution is -0.140. The number of benzene rings is 1. The zero-order valence-electron chi connectivity index (χ0n) is 21.6. The Kier molecular flexibility index (Phi) is 8.57. The number of hydrogen-bond acceptors (Lipinski definition) is 7. The number of hydrogen-bond donors (Lipinski definition) is 1.